The van der Waals surface area contributed by atoms with Crippen LogP contribution in [0.3, 0.4) is 0 Å². The summed E-state index contributed by atoms with van der Waals surface area (Å²) in [7, 11) is 0. The summed E-state index contributed by atoms with van der Waals surface area (Å²) in [5.41, 5.74) is 13.7. The summed E-state index contributed by atoms with van der Waals surface area (Å²) in [6.45, 7) is 0. The lowest BCUT2D eigenvalue weighted by atomic mass is 9.75. The van der Waals surface area contributed by atoms with Crippen LogP contribution in [0.4, 0.5) is 0 Å². The average Bonchev–Trinajstić information content (AvgIpc) is 2.24. The zero-order chi connectivity index (χ0) is 10.7. The zero-order valence-electron chi connectivity index (χ0n) is 9.15. The summed E-state index contributed by atoms with van der Waals surface area (Å²) in [6.07, 6.45) is 5.49. The van der Waals surface area contributed by atoms with Gasteiger partial charge in [-0.1, -0.05) is 43.2 Å². The van der Waals surface area contributed by atoms with E-state index in [0.29, 0.717) is 0 Å². The molecule has 0 heterocycles. The van der Waals surface area contributed by atoms with E-state index in [-0.39, 0.29) is 11.6 Å². The van der Waals surface area contributed by atoms with Crippen molar-refractivity contribution >= 4 is 0 Å². The molecule has 1 aromatic carbocycles. The lowest BCUT2D eigenvalue weighted by Gasteiger charge is -2.39. The predicted molar refractivity (Wildman–Crippen MR) is 63.5 cm³/mol. The monoisotopic (exact) mass is 204 g/mol. The van der Waals surface area contributed by atoms with Crippen molar-refractivity contribution in [2.75, 3.05) is 0 Å². The molecule has 4 N–H and O–H groups in total. The SMILES string of the molecule is N[C@H]1CCCC[C@]1(N)Cc1ccccc1. The first-order chi connectivity index (χ1) is 7.21. The molecule has 2 rings (SSSR count). The van der Waals surface area contributed by atoms with Gasteiger partial charge in [0.05, 0.1) is 0 Å². The second kappa shape index (κ2) is 4.33. The van der Waals surface area contributed by atoms with Crippen molar-refractivity contribution in [3.63, 3.8) is 0 Å². The average molecular weight is 204 g/mol. The van der Waals surface area contributed by atoms with E-state index < -0.39 is 0 Å². The molecule has 0 spiro atoms. The van der Waals surface area contributed by atoms with Crippen LogP contribution in [-0.4, -0.2) is 11.6 Å². The van der Waals surface area contributed by atoms with Gasteiger partial charge in [-0.05, 0) is 24.8 Å². The molecule has 1 fully saturated rings. The van der Waals surface area contributed by atoms with Gasteiger partial charge in [0.25, 0.3) is 0 Å². The van der Waals surface area contributed by atoms with Crippen molar-refractivity contribution in [1.82, 2.24) is 0 Å². The summed E-state index contributed by atoms with van der Waals surface area (Å²) in [6, 6.07) is 10.6. The predicted octanol–water partition coefficient (Wildman–Crippen LogP) is 1.83. The molecule has 15 heavy (non-hydrogen) atoms. The summed E-state index contributed by atoms with van der Waals surface area (Å²) >= 11 is 0. The van der Waals surface area contributed by atoms with E-state index in [1.165, 1.54) is 18.4 Å². The zero-order valence-corrected chi connectivity index (χ0v) is 9.15. The van der Waals surface area contributed by atoms with E-state index in [1.807, 2.05) is 6.07 Å². The van der Waals surface area contributed by atoms with Crippen molar-refractivity contribution < 1.29 is 0 Å². The number of rotatable bonds is 2. The maximum absolute atomic E-state index is 6.41. The quantitative estimate of drug-likeness (QED) is 0.772. The molecular weight excluding hydrogens is 184 g/mol. The Hall–Kier alpha value is -0.860. The van der Waals surface area contributed by atoms with Gasteiger partial charge in [0, 0.05) is 11.6 Å². The first-order valence-electron chi connectivity index (χ1n) is 5.79. The normalized spacial score (nSPS) is 31.5. The molecule has 0 aromatic heterocycles. The van der Waals surface area contributed by atoms with Gasteiger partial charge >= 0.3 is 0 Å². The lowest BCUT2D eigenvalue weighted by Crippen LogP contribution is -2.58. The van der Waals surface area contributed by atoms with Gasteiger partial charge in [0.15, 0.2) is 0 Å². The Balaban J connectivity index is 2.09. The molecule has 2 atom stereocenters. The third-order valence-electron chi connectivity index (χ3n) is 3.52. The number of hydrogen-bond acceptors (Lipinski definition) is 2. The highest BCUT2D eigenvalue weighted by atomic mass is 14.9. The molecule has 82 valence electrons. The molecule has 2 heteroatoms. The van der Waals surface area contributed by atoms with Crippen LogP contribution in [0.2, 0.25) is 0 Å². The van der Waals surface area contributed by atoms with Crippen molar-refractivity contribution in [1.29, 1.82) is 0 Å². The van der Waals surface area contributed by atoms with Crippen LogP contribution in [0.15, 0.2) is 30.3 Å². The fourth-order valence-electron chi connectivity index (χ4n) is 2.49. The highest BCUT2D eigenvalue weighted by molar-refractivity contribution is 5.19. The standard InChI is InChI=1S/C13H20N2/c14-12-8-4-5-9-13(12,15)10-11-6-2-1-3-7-11/h1-3,6-7,12H,4-5,8-10,14-15H2/t12-,13-/m0/s1. The highest BCUT2D eigenvalue weighted by Gasteiger charge is 2.34. The van der Waals surface area contributed by atoms with Crippen LogP contribution in [0.5, 0.6) is 0 Å². The van der Waals surface area contributed by atoms with Crippen LogP contribution in [0.25, 0.3) is 0 Å². The number of hydrogen-bond donors (Lipinski definition) is 2. The highest BCUT2D eigenvalue weighted by Crippen LogP contribution is 2.28. The van der Waals surface area contributed by atoms with Gasteiger partial charge < -0.3 is 11.5 Å². The Labute approximate surface area is 91.7 Å². The van der Waals surface area contributed by atoms with E-state index in [0.717, 1.165) is 19.3 Å². The van der Waals surface area contributed by atoms with Gasteiger partial charge in [-0.25, -0.2) is 0 Å². The Bertz CT molecular complexity index is 310. The van der Waals surface area contributed by atoms with Gasteiger partial charge in [0.1, 0.15) is 0 Å². The van der Waals surface area contributed by atoms with Crippen LogP contribution in [0, 0.1) is 0 Å². The lowest BCUT2D eigenvalue weighted by molar-refractivity contribution is 0.251. The van der Waals surface area contributed by atoms with Crippen molar-refractivity contribution in [2.45, 2.75) is 43.7 Å². The molecule has 1 saturated carbocycles. The van der Waals surface area contributed by atoms with Gasteiger partial charge in [-0.15, -0.1) is 0 Å². The van der Waals surface area contributed by atoms with Gasteiger partial charge in [0.2, 0.25) is 0 Å². The molecule has 2 nitrogen and oxygen atoms in total. The topological polar surface area (TPSA) is 52.0 Å². The Morgan fingerprint density at radius 1 is 1.20 bits per heavy atom. The Morgan fingerprint density at radius 2 is 1.93 bits per heavy atom. The number of benzene rings is 1. The summed E-state index contributed by atoms with van der Waals surface area (Å²) in [5.74, 6) is 0. The molecular formula is C13H20N2. The minimum atomic E-state index is -0.181. The van der Waals surface area contributed by atoms with E-state index in [1.54, 1.807) is 0 Å². The molecule has 0 bridgehead atoms. The van der Waals surface area contributed by atoms with Crippen LogP contribution >= 0.6 is 0 Å². The molecule has 0 saturated heterocycles. The summed E-state index contributed by atoms with van der Waals surface area (Å²) < 4.78 is 0. The maximum Gasteiger partial charge on any atom is 0.0348 e. The van der Waals surface area contributed by atoms with E-state index in [9.17, 15) is 0 Å². The number of nitrogens with two attached hydrogens (primary N) is 2. The van der Waals surface area contributed by atoms with E-state index in [2.05, 4.69) is 24.3 Å². The van der Waals surface area contributed by atoms with Gasteiger partial charge in [-0.3, -0.25) is 0 Å². The minimum absolute atomic E-state index is 0.159. The van der Waals surface area contributed by atoms with Crippen molar-refractivity contribution in [2.24, 2.45) is 11.5 Å². The van der Waals surface area contributed by atoms with Crippen molar-refractivity contribution in [3.05, 3.63) is 35.9 Å². The first-order valence-corrected chi connectivity index (χ1v) is 5.79. The fourth-order valence-corrected chi connectivity index (χ4v) is 2.49. The van der Waals surface area contributed by atoms with Crippen LogP contribution in [0.1, 0.15) is 31.2 Å². The second-order valence-corrected chi connectivity index (χ2v) is 4.75. The van der Waals surface area contributed by atoms with Gasteiger partial charge in [-0.2, -0.15) is 0 Å². The molecule has 1 aliphatic rings. The van der Waals surface area contributed by atoms with Crippen LogP contribution in [-0.2, 0) is 6.42 Å². The minimum Gasteiger partial charge on any atom is -0.326 e. The Morgan fingerprint density at radius 3 is 2.60 bits per heavy atom. The third-order valence-corrected chi connectivity index (χ3v) is 3.52. The second-order valence-electron chi connectivity index (χ2n) is 4.75. The first kappa shape index (κ1) is 10.7. The molecule has 1 aromatic rings. The third kappa shape index (κ3) is 2.39. The Kier molecular flexibility index (Phi) is 3.08. The molecule has 0 aliphatic heterocycles. The maximum atomic E-state index is 6.41. The smallest absolute Gasteiger partial charge is 0.0348 e. The summed E-state index contributed by atoms with van der Waals surface area (Å²) in [5, 5.41) is 0. The largest absolute Gasteiger partial charge is 0.326 e. The molecule has 0 amide bonds. The molecule has 0 radical (unpaired) electrons. The van der Waals surface area contributed by atoms with E-state index >= 15 is 0 Å². The summed E-state index contributed by atoms with van der Waals surface area (Å²) in [4.78, 5) is 0. The molecule has 1 aliphatic carbocycles. The van der Waals surface area contributed by atoms with Crippen LogP contribution < -0.4 is 11.5 Å². The molecule has 0 unspecified atom stereocenters. The fraction of sp³-hybridized carbons (Fsp3) is 0.538. The van der Waals surface area contributed by atoms with Crippen molar-refractivity contribution in [3.8, 4) is 0 Å². The van der Waals surface area contributed by atoms with E-state index in [4.69, 9.17) is 11.5 Å².